The number of benzene rings is 1. The number of carbonyl (C=O) groups is 1. The smallest absolute Gasteiger partial charge is 0.308 e. The summed E-state index contributed by atoms with van der Waals surface area (Å²) >= 11 is 0. The van der Waals surface area contributed by atoms with Crippen molar-refractivity contribution in [2.75, 3.05) is 19.4 Å². The van der Waals surface area contributed by atoms with Crippen LogP contribution in [-0.4, -0.2) is 25.2 Å². The molecule has 0 saturated carbocycles. The molecule has 0 fully saturated rings. The average Bonchev–Trinajstić information content (AvgIpc) is 2.44. The molecule has 5 heteroatoms. The van der Waals surface area contributed by atoms with Gasteiger partial charge in [-0.15, -0.1) is 0 Å². The molecule has 1 aromatic rings. The zero-order valence-corrected chi connectivity index (χ0v) is 14.1. The van der Waals surface area contributed by atoms with Gasteiger partial charge in [-0.05, 0) is 11.8 Å². The fraction of sp³-hybridized carbons (Fsp3) is 0.562. The standard InChI is InChI=1S/C16H25O4P/c1-13(2)10-19-21(18,20-11-14(3)4)12-16(17)15-8-6-5-7-9-15/h5-9,13-14H,10-12H2,1-4H3. The summed E-state index contributed by atoms with van der Waals surface area (Å²) in [4.78, 5) is 12.2. The van der Waals surface area contributed by atoms with Gasteiger partial charge in [0.1, 0.15) is 6.16 Å². The minimum atomic E-state index is -3.40. The van der Waals surface area contributed by atoms with Gasteiger partial charge in [-0.25, -0.2) is 0 Å². The zero-order chi connectivity index (χ0) is 15.9. The highest BCUT2D eigenvalue weighted by atomic mass is 31.2. The van der Waals surface area contributed by atoms with E-state index >= 15 is 0 Å². The van der Waals surface area contributed by atoms with Crippen molar-refractivity contribution in [1.82, 2.24) is 0 Å². The predicted octanol–water partition coefficient (Wildman–Crippen LogP) is 4.41. The summed E-state index contributed by atoms with van der Waals surface area (Å²) in [5.41, 5.74) is 0.527. The van der Waals surface area contributed by atoms with E-state index in [0.29, 0.717) is 18.8 Å². The van der Waals surface area contributed by atoms with E-state index in [2.05, 4.69) is 0 Å². The second-order valence-corrected chi connectivity index (χ2v) is 7.99. The summed E-state index contributed by atoms with van der Waals surface area (Å²) in [5, 5.41) is 0. The van der Waals surface area contributed by atoms with Crippen molar-refractivity contribution < 1.29 is 18.4 Å². The molecular weight excluding hydrogens is 287 g/mol. The highest BCUT2D eigenvalue weighted by Gasteiger charge is 2.29. The molecule has 0 radical (unpaired) electrons. The summed E-state index contributed by atoms with van der Waals surface area (Å²) < 4.78 is 23.6. The third-order valence-corrected chi connectivity index (χ3v) is 4.40. The van der Waals surface area contributed by atoms with E-state index in [0.717, 1.165) is 0 Å². The molecule has 21 heavy (non-hydrogen) atoms. The van der Waals surface area contributed by atoms with Crippen molar-refractivity contribution in [3.05, 3.63) is 35.9 Å². The Morgan fingerprint density at radius 3 is 1.90 bits per heavy atom. The Kier molecular flexibility index (Phi) is 7.30. The SMILES string of the molecule is CC(C)COP(=O)(CC(=O)c1ccccc1)OCC(C)C. The van der Waals surface area contributed by atoms with Crippen LogP contribution in [-0.2, 0) is 13.6 Å². The number of carbonyl (C=O) groups excluding carboxylic acids is 1. The van der Waals surface area contributed by atoms with Crippen molar-refractivity contribution in [3.8, 4) is 0 Å². The fourth-order valence-corrected chi connectivity index (χ4v) is 3.39. The van der Waals surface area contributed by atoms with Crippen LogP contribution in [0.3, 0.4) is 0 Å². The Hall–Kier alpha value is -0.960. The third-order valence-electron chi connectivity index (χ3n) is 2.64. The van der Waals surface area contributed by atoms with Crippen LogP contribution in [0, 0.1) is 11.8 Å². The predicted molar refractivity (Wildman–Crippen MR) is 84.8 cm³/mol. The minimum Gasteiger partial charge on any atom is -0.308 e. The summed E-state index contributed by atoms with van der Waals surface area (Å²) in [5.74, 6) is 0.243. The molecule has 4 nitrogen and oxygen atoms in total. The highest BCUT2D eigenvalue weighted by molar-refractivity contribution is 7.55. The molecule has 0 N–H and O–H groups in total. The van der Waals surface area contributed by atoms with Crippen LogP contribution < -0.4 is 0 Å². The molecule has 1 rings (SSSR count). The summed E-state index contributed by atoms with van der Waals surface area (Å²) in [6.07, 6.45) is -0.212. The van der Waals surface area contributed by atoms with E-state index < -0.39 is 7.60 Å². The lowest BCUT2D eigenvalue weighted by Gasteiger charge is -2.20. The van der Waals surface area contributed by atoms with E-state index in [-0.39, 0.29) is 23.8 Å². The van der Waals surface area contributed by atoms with E-state index in [1.54, 1.807) is 24.3 Å². The second-order valence-electron chi connectivity index (χ2n) is 5.94. The fourth-order valence-electron chi connectivity index (χ4n) is 1.55. The molecule has 1 aromatic carbocycles. The zero-order valence-electron chi connectivity index (χ0n) is 13.2. The van der Waals surface area contributed by atoms with Crippen molar-refractivity contribution >= 4 is 13.4 Å². The number of ketones is 1. The average molecular weight is 312 g/mol. The van der Waals surface area contributed by atoms with Crippen LogP contribution in [0.15, 0.2) is 30.3 Å². The first-order chi connectivity index (χ1) is 9.82. The van der Waals surface area contributed by atoms with Crippen molar-refractivity contribution in [3.63, 3.8) is 0 Å². The van der Waals surface area contributed by atoms with Crippen molar-refractivity contribution in [1.29, 1.82) is 0 Å². The van der Waals surface area contributed by atoms with Gasteiger partial charge in [-0.2, -0.15) is 0 Å². The van der Waals surface area contributed by atoms with Gasteiger partial charge in [0.25, 0.3) is 0 Å². The van der Waals surface area contributed by atoms with Crippen LogP contribution in [0.2, 0.25) is 0 Å². The van der Waals surface area contributed by atoms with Gasteiger partial charge in [-0.3, -0.25) is 9.36 Å². The molecule has 0 atom stereocenters. The lowest BCUT2D eigenvalue weighted by atomic mass is 10.2. The van der Waals surface area contributed by atoms with Gasteiger partial charge >= 0.3 is 7.60 Å². The molecule has 118 valence electrons. The lowest BCUT2D eigenvalue weighted by Crippen LogP contribution is -2.14. The molecule has 0 heterocycles. The second kappa shape index (κ2) is 8.47. The number of Topliss-reactive ketones (excluding diaryl/α,β-unsaturated/α-hetero) is 1. The number of hydrogen-bond donors (Lipinski definition) is 0. The molecule has 0 spiro atoms. The molecule has 0 bridgehead atoms. The molecular formula is C16H25O4P. The Labute approximate surface area is 127 Å². The maximum atomic E-state index is 12.7. The van der Waals surface area contributed by atoms with Crippen LogP contribution in [0.1, 0.15) is 38.1 Å². The van der Waals surface area contributed by atoms with E-state index in [1.165, 1.54) is 0 Å². The third kappa shape index (κ3) is 7.03. The molecule has 0 aliphatic carbocycles. The topological polar surface area (TPSA) is 52.6 Å². The summed E-state index contributed by atoms with van der Waals surface area (Å²) in [7, 11) is -3.40. The van der Waals surface area contributed by atoms with Gasteiger partial charge in [-0.1, -0.05) is 58.0 Å². The quantitative estimate of drug-likeness (QED) is 0.501. The van der Waals surface area contributed by atoms with Gasteiger partial charge in [0.15, 0.2) is 5.78 Å². The molecule has 0 amide bonds. The maximum Gasteiger partial charge on any atom is 0.338 e. The number of rotatable bonds is 9. The van der Waals surface area contributed by atoms with Crippen LogP contribution in [0.4, 0.5) is 0 Å². The normalized spacial score (nSPS) is 12.1. The molecule has 0 saturated heterocycles. The first kappa shape index (κ1) is 18.1. The molecule has 0 unspecified atom stereocenters. The maximum absolute atomic E-state index is 12.7. The molecule has 0 aliphatic rings. The highest BCUT2D eigenvalue weighted by Crippen LogP contribution is 2.49. The van der Waals surface area contributed by atoms with Crippen molar-refractivity contribution in [2.24, 2.45) is 11.8 Å². The van der Waals surface area contributed by atoms with E-state index in [4.69, 9.17) is 9.05 Å². The molecule has 0 aromatic heterocycles. The van der Waals surface area contributed by atoms with Gasteiger partial charge in [0, 0.05) is 5.56 Å². The van der Waals surface area contributed by atoms with Gasteiger partial charge in [0.2, 0.25) is 0 Å². The van der Waals surface area contributed by atoms with Gasteiger partial charge < -0.3 is 9.05 Å². The Morgan fingerprint density at radius 1 is 1.00 bits per heavy atom. The largest absolute Gasteiger partial charge is 0.338 e. The Bertz CT molecular complexity index is 466. The first-order valence-electron chi connectivity index (χ1n) is 7.29. The van der Waals surface area contributed by atoms with Crippen LogP contribution in [0.5, 0.6) is 0 Å². The first-order valence-corrected chi connectivity index (χ1v) is 9.01. The monoisotopic (exact) mass is 312 g/mol. The Morgan fingerprint density at radius 2 is 1.48 bits per heavy atom. The summed E-state index contributed by atoms with van der Waals surface area (Å²) in [6.45, 7) is 8.49. The van der Waals surface area contributed by atoms with Crippen LogP contribution in [0.25, 0.3) is 0 Å². The molecule has 0 aliphatic heterocycles. The Balaban J connectivity index is 2.76. The van der Waals surface area contributed by atoms with E-state index in [1.807, 2.05) is 33.8 Å². The minimum absolute atomic E-state index is 0.212. The lowest BCUT2D eigenvalue weighted by molar-refractivity contribution is 0.0999. The number of hydrogen-bond acceptors (Lipinski definition) is 4. The van der Waals surface area contributed by atoms with Gasteiger partial charge in [0.05, 0.1) is 13.2 Å². The van der Waals surface area contributed by atoms with E-state index in [9.17, 15) is 9.36 Å². The summed E-state index contributed by atoms with van der Waals surface area (Å²) in [6, 6.07) is 8.81. The van der Waals surface area contributed by atoms with Crippen molar-refractivity contribution in [2.45, 2.75) is 27.7 Å². The van der Waals surface area contributed by atoms with Crippen LogP contribution >= 0.6 is 7.60 Å².